The normalized spacial score (nSPS) is 23.8. The first-order chi connectivity index (χ1) is 8.00. The van der Waals surface area contributed by atoms with E-state index in [0.717, 1.165) is 5.56 Å². The molecule has 0 radical (unpaired) electrons. The Morgan fingerprint density at radius 3 is 2.24 bits per heavy atom. The zero-order chi connectivity index (χ0) is 12.6. The second-order valence-corrected chi connectivity index (χ2v) is 4.12. The van der Waals surface area contributed by atoms with Crippen molar-refractivity contribution in [2.45, 2.75) is 12.5 Å². The van der Waals surface area contributed by atoms with Crippen molar-refractivity contribution in [2.24, 2.45) is 0 Å². The monoisotopic (exact) mass is 234 g/mol. The molecule has 1 atom stereocenters. The van der Waals surface area contributed by atoms with E-state index in [0.29, 0.717) is 5.75 Å². The quantitative estimate of drug-likeness (QED) is 0.779. The number of ether oxygens (including phenoxy) is 1. The zero-order valence-electron chi connectivity index (χ0n) is 9.98. The molecule has 0 aliphatic carbocycles. The minimum absolute atomic E-state index is 0.310. The first kappa shape index (κ1) is 11.4. The number of carbonyl (C=O) groups is 2. The van der Waals surface area contributed by atoms with Gasteiger partial charge < -0.3 is 9.64 Å². The summed E-state index contributed by atoms with van der Waals surface area (Å²) < 4.78 is 5.06. The third-order valence-corrected chi connectivity index (χ3v) is 3.29. The van der Waals surface area contributed by atoms with Gasteiger partial charge in [0.1, 0.15) is 11.3 Å². The Balaban J connectivity index is 2.43. The molecule has 5 nitrogen and oxygen atoms in total. The van der Waals surface area contributed by atoms with E-state index in [9.17, 15) is 9.59 Å². The van der Waals surface area contributed by atoms with Gasteiger partial charge in [-0.15, -0.1) is 0 Å². The van der Waals surface area contributed by atoms with Crippen LogP contribution in [0.3, 0.4) is 0 Å². The maximum Gasteiger partial charge on any atom is 0.325 e. The summed E-state index contributed by atoms with van der Waals surface area (Å²) in [5.41, 5.74) is -0.201. The predicted molar refractivity (Wildman–Crippen MR) is 61.6 cm³/mol. The smallest absolute Gasteiger partial charge is 0.325 e. The minimum Gasteiger partial charge on any atom is -0.497 e. The van der Waals surface area contributed by atoms with Crippen molar-refractivity contribution in [2.75, 3.05) is 14.2 Å². The Kier molecular flexibility index (Phi) is 2.53. The van der Waals surface area contributed by atoms with Crippen LogP contribution in [0.15, 0.2) is 24.3 Å². The number of amides is 3. The Morgan fingerprint density at radius 1 is 1.24 bits per heavy atom. The van der Waals surface area contributed by atoms with E-state index in [-0.39, 0.29) is 11.9 Å². The SMILES string of the molecule is COc1ccc(C2(C)C(=O)NC(=O)N2C)cc1. The van der Waals surface area contributed by atoms with Crippen LogP contribution < -0.4 is 10.1 Å². The molecule has 17 heavy (non-hydrogen) atoms. The van der Waals surface area contributed by atoms with E-state index >= 15 is 0 Å². The highest BCUT2D eigenvalue weighted by Crippen LogP contribution is 2.32. The number of carbonyl (C=O) groups excluding carboxylic acids is 2. The van der Waals surface area contributed by atoms with E-state index < -0.39 is 5.54 Å². The number of methoxy groups -OCH3 is 1. The average Bonchev–Trinajstić information content (AvgIpc) is 2.54. The van der Waals surface area contributed by atoms with Gasteiger partial charge in [-0.3, -0.25) is 10.1 Å². The predicted octanol–water partition coefficient (Wildman–Crippen LogP) is 1.09. The van der Waals surface area contributed by atoms with Crippen molar-refractivity contribution in [3.8, 4) is 5.75 Å². The maximum atomic E-state index is 11.9. The van der Waals surface area contributed by atoms with Crippen LogP contribution in [0.25, 0.3) is 0 Å². The highest BCUT2D eigenvalue weighted by atomic mass is 16.5. The van der Waals surface area contributed by atoms with E-state index in [1.165, 1.54) is 4.90 Å². The van der Waals surface area contributed by atoms with Crippen molar-refractivity contribution in [3.63, 3.8) is 0 Å². The molecule has 90 valence electrons. The number of hydrogen-bond donors (Lipinski definition) is 1. The van der Waals surface area contributed by atoms with Gasteiger partial charge in [-0.1, -0.05) is 12.1 Å². The second-order valence-electron chi connectivity index (χ2n) is 4.12. The summed E-state index contributed by atoms with van der Waals surface area (Å²) in [6.45, 7) is 1.72. The van der Waals surface area contributed by atoms with Gasteiger partial charge in [-0.2, -0.15) is 0 Å². The second kappa shape index (κ2) is 3.76. The lowest BCUT2D eigenvalue weighted by Gasteiger charge is -2.28. The van der Waals surface area contributed by atoms with E-state index in [1.807, 2.05) is 0 Å². The van der Waals surface area contributed by atoms with Crippen LogP contribution in [-0.4, -0.2) is 31.0 Å². The fraction of sp³-hybridized carbons (Fsp3) is 0.333. The molecular formula is C12H14N2O3. The van der Waals surface area contributed by atoms with Crippen LogP contribution in [0.1, 0.15) is 12.5 Å². The van der Waals surface area contributed by atoms with Gasteiger partial charge in [0, 0.05) is 7.05 Å². The van der Waals surface area contributed by atoms with Gasteiger partial charge in [0.15, 0.2) is 0 Å². The molecule has 1 aromatic carbocycles. The first-order valence-corrected chi connectivity index (χ1v) is 5.24. The van der Waals surface area contributed by atoms with Gasteiger partial charge in [0.2, 0.25) is 0 Å². The molecular weight excluding hydrogens is 220 g/mol. The fourth-order valence-electron chi connectivity index (χ4n) is 1.90. The van der Waals surface area contributed by atoms with Crippen LogP contribution in [0, 0.1) is 0 Å². The van der Waals surface area contributed by atoms with Crippen molar-refractivity contribution in [3.05, 3.63) is 29.8 Å². The minimum atomic E-state index is -0.955. The molecule has 1 heterocycles. The lowest BCUT2D eigenvalue weighted by atomic mass is 9.91. The molecule has 3 amide bonds. The molecule has 1 aliphatic rings. The van der Waals surface area contributed by atoms with E-state index in [1.54, 1.807) is 45.3 Å². The molecule has 2 rings (SSSR count). The summed E-state index contributed by atoms with van der Waals surface area (Å²) in [5.74, 6) is 0.403. The number of hydrogen-bond acceptors (Lipinski definition) is 3. The molecule has 1 N–H and O–H groups in total. The summed E-state index contributed by atoms with van der Waals surface area (Å²) in [5, 5.41) is 2.30. The third kappa shape index (κ3) is 1.54. The van der Waals surface area contributed by atoms with Crippen LogP contribution in [0.5, 0.6) is 5.75 Å². The molecule has 0 bridgehead atoms. The van der Waals surface area contributed by atoms with Crippen LogP contribution >= 0.6 is 0 Å². The Hall–Kier alpha value is -2.04. The molecule has 5 heteroatoms. The molecule has 0 saturated carbocycles. The van der Waals surface area contributed by atoms with Gasteiger partial charge in [0.25, 0.3) is 5.91 Å². The van der Waals surface area contributed by atoms with Crippen LogP contribution in [0.4, 0.5) is 4.79 Å². The Labute approximate surface area is 99.4 Å². The Bertz CT molecular complexity index is 469. The summed E-state index contributed by atoms with van der Waals surface area (Å²) >= 11 is 0. The number of rotatable bonds is 2. The maximum absolute atomic E-state index is 11.9. The third-order valence-electron chi connectivity index (χ3n) is 3.29. The standard InChI is InChI=1S/C12H14N2O3/c1-12(10(15)13-11(16)14(12)2)8-4-6-9(17-3)7-5-8/h4-7H,1-3H3,(H,13,15,16). The number of benzene rings is 1. The Morgan fingerprint density at radius 2 is 1.82 bits per heavy atom. The topological polar surface area (TPSA) is 58.6 Å². The fourth-order valence-corrected chi connectivity index (χ4v) is 1.90. The molecule has 1 saturated heterocycles. The van der Waals surface area contributed by atoms with Crippen molar-refractivity contribution < 1.29 is 14.3 Å². The van der Waals surface area contributed by atoms with Crippen molar-refractivity contribution in [1.82, 2.24) is 10.2 Å². The van der Waals surface area contributed by atoms with E-state index in [2.05, 4.69) is 5.32 Å². The highest BCUT2D eigenvalue weighted by molar-refractivity contribution is 6.07. The number of nitrogens with one attached hydrogen (secondary N) is 1. The summed E-state index contributed by atoms with van der Waals surface area (Å²) in [4.78, 5) is 24.7. The van der Waals surface area contributed by atoms with Crippen molar-refractivity contribution >= 4 is 11.9 Å². The number of likely N-dealkylation sites (N-methyl/N-ethyl adjacent to an activating group) is 1. The van der Waals surface area contributed by atoms with Gasteiger partial charge in [-0.05, 0) is 24.6 Å². The van der Waals surface area contributed by atoms with Gasteiger partial charge >= 0.3 is 6.03 Å². The van der Waals surface area contributed by atoms with Crippen LogP contribution in [0.2, 0.25) is 0 Å². The lowest BCUT2D eigenvalue weighted by molar-refractivity contribution is -0.125. The van der Waals surface area contributed by atoms with Crippen molar-refractivity contribution in [1.29, 1.82) is 0 Å². The summed E-state index contributed by atoms with van der Waals surface area (Å²) in [6.07, 6.45) is 0. The first-order valence-electron chi connectivity index (χ1n) is 5.24. The van der Waals surface area contributed by atoms with Crippen LogP contribution in [-0.2, 0) is 10.3 Å². The number of imide groups is 1. The number of nitrogens with zero attached hydrogens (tertiary/aromatic N) is 1. The summed E-state index contributed by atoms with van der Waals surface area (Å²) in [7, 11) is 3.18. The molecule has 0 aromatic heterocycles. The summed E-state index contributed by atoms with van der Waals surface area (Å²) in [6, 6.07) is 6.73. The molecule has 1 aliphatic heterocycles. The molecule has 1 fully saturated rings. The van der Waals surface area contributed by atoms with Gasteiger partial charge in [0.05, 0.1) is 7.11 Å². The largest absolute Gasteiger partial charge is 0.497 e. The van der Waals surface area contributed by atoms with E-state index in [4.69, 9.17) is 4.74 Å². The average molecular weight is 234 g/mol. The molecule has 1 aromatic rings. The van der Waals surface area contributed by atoms with Gasteiger partial charge in [-0.25, -0.2) is 4.79 Å². The highest BCUT2D eigenvalue weighted by Gasteiger charge is 2.48. The zero-order valence-corrected chi connectivity index (χ0v) is 9.98. The molecule has 0 spiro atoms. The molecule has 1 unspecified atom stereocenters. The number of urea groups is 1. The lowest BCUT2D eigenvalue weighted by Crippen LogP contribution is -2.41.